The van der Waals surface area contributed by atoms with E-state index in [1.165, 1.54) is 0 Å². The van der Waals surface area contributed by atoms with E-state index in [9.17, 15) is 9.59 Å². The predicted octanol–water partition coefficient (Wildman–Crippen LogP) is 2.63. The Hall–Kier alpha value is -3.34. The molecule has 0 spiro atoms. The van der Waals surface area contributed by atoms with Gasteiger partial charge in [0.25, 0.3) is 11.8 Å². The lowest BCUT2D eigenvalue weighted by Crippen LogP contribution is -2.25. The number of hydrogen-bond donors (Lipinski definition) is 2. The van der Waals surface area contributed by atoms with E-state index in [0.29, 0.717) is 17.9 Å². The predicted molar refractivity (Wildman–Crippen MR) is 96.2 cm³/mol. The Bertz CT molecular complexity index is 907. The van der Waals surface area contributed by atoms with Gasteiger partial charge in [-0.05, 0) is 28.5 Å². The Morgan fingerprint density at radius 3 is 2.24 bits per heavy atom. The van der Waals surface area contributed by atoms with Crippen molar-refractivity contribution in [1.82, 2.24) is 5.32 Å². The van der Waals surface area contributed by atoms with Crippen LogP contribution in [-0.2, 0) is 11.3 Å². The third kappa shape index (κ3) is 4.14. The summed E-state index contributed by atoms with van der Waals surface area (Å²) < 4.78 is 5.44. The fourth-order valence-corrected chi connectivity index (χ4v) is 2.54. The second kappa shape index (κ2) is 7.49. The lowest BCUT2D eigenvalue weighted by molar-refractivity contribution is -0.119. The minimum absolute atomic E-state index is 0.269. The van der Waals surface area contributed by atoms with Crippen LogP contribution in [0.25, 0.3) is 10.8 Å². The molecule has 0 aliphatic carbocycles. The molecule has 0 heterocycles. The first kappa shape index (κ1) is 16.5. The van der Waals surface area contributed by atoms with Crippen molar-refractivity contribution in [3.8, 4) is 5.75 Å². The van der Waals surface area contributed by atoms with Crippen LogP contribution in [0.5, 0.6) is 5.75 Å². The second-order valence-corrected chi connectivity index (χ2v) is 5.62. The summed E-state index contributed by atoms with van der Waals surface area (Å²) in [7, 11) is 0. The molecule has 3 aromatic carbocycles. The van der Waals surface area contributed by atoms with E-state index in [4.69, 9.17) is 10.5 Å². The number of hydrogen-bond acceptors (Lipinski definition) is 3. The topological polar surface area (TPSA) is 81.4 Å². The number of ether oxygens (including phenoxy) is 1. The summed E-state index contributed by atoms with van der Waals surface area (Å²) in [6, 6.07) is 20.8. The van der Waals surface area contributed by atoms with E-state index in [1.807, 2.05) is 54.6 Å². The van der Waals surface area contributed by atoms with Gasteiger partial charge in [-0.25, -0.2) is 0 Å². The Kier molecular flexibility index (Phi) is 4.95. The maximum Gasteiger partial charge on any atom is 0.255 e. The largest absolute Gasteiger partial charge is 0.483 e. The molecule has 0 saturated heterocycles. The Morgan fingerprint density at radius 1 is 0.920 bits per heavy atom. The lowest BCUT2D eigenvalue weighted by Gasteiger charge is -2.12. The van der Waals surface area contributed by atoms with Crippen molar-refractivity contribution in [3.05, 3.63) is 77.9 Å². The second-order valence-electron chi connectivity index (χ2n) is 5.62. The van der Waals surface area contributed by atoms with Crippen molar-refractivity contribution in [3.63, 3.8) is 0 Å². The number of nitrogens with one attached hydrogen (secondary N) is 1. The molecule has 0 aromatic heterocycles. The van der Waals surface area contributed by atoms with E-state index in [-0.39, 0.29) is 12.5 Å². The molecule has 0 aliphatic rings. The highest BCUT2D eigenvalue weighted by Crippen LogP contribution is 2.26. The van der Waals surface area contributed by atoms with Gasteiger partial charge in [0.15, 0.2) is 6.61 Å². The maximum atomic E-state index is 12.6. The molecule has 2 amide bonds. The van der Waals surface area contributed by atoms with Crippen molar-refractivity contribution in [1.29, 1.82) is 0 Å². The monoisotopic (exact) mass is 334 g/mol. The average Bonchev–Trinajstić information content (AvgIpc) is 2.64. The highest BCUT2D eigenvalue weighted by Gasteiger charge is 2.15. The molecule has 25 heavy (non-hydrogen) atoms. The first-order valence-corrected chi connectivity index (χ1v) is 7.89. The molecular formula is C20H18N2O3. The minimum atomic E-state index is -0.594. The molecule has 3 N–H and O–H groups in total. The van der Waals surface area contributed by atoms with Crippen molar-refractivity contribution in [2.45, 2.75) is 6.54 Å². The molecule has 0 radical (unpaired) electrons. The number of rotatable bonds is 6. The quantitative estimate of drug-likeness (QED) is 0.727. The molecule has 0 atom stereocenters. The smallest absolute Gasteiger partial charge is 0.255 e. The van der Waals surface area contributed by atoms with E-state index in [2.05, 4.69) is 5.32 Å². The summed E-state index contributed by atoms with van der Waals surface area (Å²) >= 11 is 0. The lowest BCUT2D eigenvalue weighted by atomic mass is 10.1. The number of amides is 2. The number of primary amides is 1. The van der Waals surface area contributed by atoms with Crippen LogP contribution in [0.1, 0.15) is 15.9 Å². The zero-order valence-corrected chi connectivity index (χ0v) is 13.6. The molecule has 126 valence electrons. The van der Waals surface area contributed by atoms with Crippen LogP contribution < -0.4 is 15.8 Å². The van der Waals surface area contributed by atoms with Crippen molar-refractivity contribution in [2.75, 3.05) is 6.61 Å². The van der Waals surface area contributed by atoms with Gasteiger partial charge < -0.3 is 15.8 Å². The molecule has 5 heteroatoms. The fraction of sp³-hybridized carbons (Fsp3) is 0.100. The third-order valence-electron chi connectivity index (χ3n) is 3.76. The number of carbonyl (C=O) groups excluding carboxylic acids is 2. The molecule has 3 rings (SSSR count). The molecule has 0 saturated carbocycles. The van der Waals surface area contributed by atoms with Crippen molar-refractivity contribution < 1.29 is 14.3 Å². The summed E-state index contributed by atoms with van der Waals surface area (Å²) in [5, 5.41) is 4.71. The van der Waals surface area contributed by atoms with Gasteiger partial charge in [-0.15, -0.1) is 0 Å². The molecule has 0 fully saturated rings. The average molecular weight is 334 g/mol. The third-order valence-corrected chi connectivity index (χ3v) is 3.76. The Labute approximate surface area is 145 Å². The number of carbonyl (C=O) groups is 2. The van der Waals surface area contributed by atoms with Crippen molar-refractivity contribution >= 4 is 22.6 Å². The van der Waals surface area contributed by atoms with Crippen LogP contribution in [0.4, 0.5) is 0 Å². The van der Waals surface area contributed by atoms with Gasteiger partial charge in [0.1, 0.15) is 5.75 Å². The molecule has 3 aromatic rings. The van der Waals surface area contributed by atoms with Gasteiger partial charge in [0.05, 0.1) is 5.56 Å². The van der Waals surface area contributed by atoms with Crippen LogP contribution >= 0.6 is 0 Å². The number of nitrogens with two attached hydrogens (primary N) is 1. The van der Waals surface area contributed by atoms with Gasteiger partial charge in [0.2, 0.25) is 0 Å². The zero-order valence-electron chi connectivity index (χ0n) is 13.6. The molecule has 0 bridgehead atoms. The first-order chi connectivity index (χ1) is 12.1. The summed E-state index contributed by atoms with van der Waals surface area (Å²) in [4.78, 5) is 23.6. The van der Waals surface area contributed by atoms with Gasteiger partial charge in [-0.3, -0.25) is 9.59 Å². The molecule has 0 aliphatic heterocycles. The maximum absolute atomic E-state index is 12.6. The van der Waals surface area contributed by atoms with Crippen molar-refractivity contribution in [2.24, 2.45) is 5.73 Å². The van der Waals surface area contributed by atoms with Crippen LogP contribution in [0.15, 0.2) is 66.7 Å². The summed E-state index contributed by atoms with van der Waals surface area (Å²) in [6.45, 7) is 0.124. The Morgan fingerprint density at radius 2 is 1.56 bits per heavy atom. The summed E-state index contributed by atoms with van der Waals surface area (Å²) in [6.07, 6.45) is 0. The highest BCUT2D eigenvalue weighted by atomic mass is 16.5. The van der Waals surface area contributed by atoms with E-state index in [1.54, 1.807) is 12.1 Å². The van der Waals surface area contributed by atoms with Gasteiger partial charge in [-0.2, -0.15) is 0 Å². The van der Waals surface area contributed by atoms with Crippen LogP contribution in [0, 0.1) is 0 Å². The van der Waals surface area contributed by atoms with Crippen LogP contribution in [0.2, 0.25) is 0 Å². The number of benzene rings is 3. The Balaban J connectivity index is 1.87. The molecular weight excluding hydrogens is 316 g/mol. The van der Waals surface area contributed by atoms with Crippen LogP contribution in [0.3, 0.4) is 0 Å². The minimum Gasteiger partial charge on any atom is -0.483 e. The molecule has 5 nitrogen and oxygen atoms in total. The van der Waals surface area contributed by atoms with E-state index < -0.39 is 5.91 Å². The fourth-order valence-electron chi connectivity index (χ4n) is 2.54. The highest BCUT2D eigenvalue weighted by molar-refractivity contribution is 6.01. The standard InChI is InChI=1S/C20H18N2O3/c21-19(23)13-25-18-11-16-9-5-4-8-15(16)10-17(18)20(24)22-12-14-6-2-1-3-7-14/h1-11H,12-13H2,(H2,21,23)(H,22,24). The molecule has 0 unspecified atom stereocenters. The number of fused-ring (bicyclic) bond motifs is 1. The SMILES string of the molecule is NC(=O)COc1cc2ccccc2cc1C(=O)NCc1ccccc1. The first-order valence-electron chi connectivity index (χ1n) is 7.89. The van der Waals surface area contributed by atoms with Crippen LogP contribution in [-0.4, -0.2) is 18.4 Å². The van der Waals surface area contributed by atoms with E-state index >= 15 is 0 Å². The zero-order chi connectivity index (χ0) is 17.6. The van der Waals surface area contributed by atoms with E-state index in [0.717, 1.165) is 16.3 Å². The summed E-state index contributed by atoms with van der Waals surface area (Å²) in [5.41, 5.74) is 6.52. The van der Waals surface area contributed by atoms with Gasteiger partial charge in [-0.1, -0.05) is 54.6 Å². The summed E-state index contributed by atoms with van der Waals surface area (Å²) in [5.74, 6) is -0.527. The van der Waals surface area contributed by atoms with Gasteiger partial charge >= 0.3 is 0 Å². The van der Waals surface area contributed by atoms with Gasteiger partial charge in [0, 0.05) is 6.54 Å². The normalized spacial score (nSPS) is 10.4.